The van der Waals surface area contributed by atoms with Crippen LogP contribution in [0.4, 0.5) is 4.39 Å². The first-order valence-electron chi connectivity index (χ1n) is 5.80. The van der Waals surface area contributed by atoms with Crippen LogP contribution in [0.1, 0.15) is 24.9 Å². The SMILES string of the molecule is CC1CCNC(c2ccc(Br)cc2F)CS1(=O)=O. The number of sulfone groups is 1. The van der Waals surface area contributed by atoms with E-state index < -0.39 is 15.9 Å². The van der Waals surface area contributed by atoms with Gasteiger partial charge in [0.2, 0.25) is 0 Å². The standard InChI is InChI=1S/C12H15BrFNO2S/c1-8-4-5-15-12(7-18(8,16)17)10-3-2-9(13)6-11(10)14/h2-3,6,8,12,15H,4-5,7H2,1H3. The van der Waals surface area contributed by atoms with Crippen LogP contribution >= 0.6 is 15.9 Å². The van der Waals surface area contributed by atoms with Gasteiger partial charge in [0.15, 0.2) is 9.84 Å². The minimum Gasteiger partial charge on any atom is -0.309 e. The molecule has 18 heavy (non-hydrogen) atoms. The molecule has 2 atom stereocenters. The summed E-state index contributed by atoms with van der Waals surface area (Å²) in [5.74, 6) is -0.432. The smallest absolute Gasteiger partial charge is 0.154 e. The Morgan fingerprint density at radius 2 is 2.17 bits per heavy atom. The Kier molecular flexibility index (Phi) is 4.08. The quantitative estimate of drug-likeness (QED) is 0.857. The molecule has 0 amide bonds. The molecule has 0 bridgehead atoms. The Labute approximate surface area is 115 Å². The van der Waals surface area contributed by atoms with Crippen molar-refractivity contribution in [2.45, 2.75) is 24.6 Å². The van der Waals surface area contributed by atoms with Crippen molar-refractivity contribution in [2.24, 2.45) is 0 Å². The molecule has 1 aromatic carbocycles. The topological polar surface area (TPSA) is 46.2 Å². The van der Waals surface area contributed by atoms with E-state index in [4.69, 9.17) is 0 Å². The zero-order valence-electron chi connectivity index (χ0n) is 9.99. The van der Waals surface area contributed by atoms with Crippen molar-refractivity contribution >= 4 is 25.8 Å². The molecule has 0 radical (unpaired) electrons. The predicted molar refractivity (Wildman–Crippen MR) is 72.7 cm³/mol. The second-order valence-electron chi connectivity index (χ2n) is 4.60. The van der Waals surface area contributed by atoms with E-state index in [9.17, 15) is 12.8 Å². The molecule has 2 unspecified atom stereocenters. The lowest BCUT2D eigenvalue weighted by Crippen LogP contribution is -2.27. The average molecular weight is 336 g/mol. The lowest BCUT2D eigenvalue weighted by Gasteiger charge is -2.17. The molecular weight excluding hydrogens is 321 g/mol. The molecule has 3 nitrogen and oxygen atoms in total. The first-order valence-corrected chi connectivity index (χ1v) is 8.31. The van der Waals surface area contributed by atoms with Crippen LogP contribution in [0.3, 0.4) is 0 Å². The third kappa shape index (κ3) is 2.92. The van der Waals surface area contributed by atoms with Gasteiger partial charge in [-0.05, 0) is 32.0 Å². The van der Waals surface area contributed by atoms with Crippen LogP contribution in [-0.2, 0) is 9.84 Å². The number of hydrogen-bond donors (Lipinski definition) is 1. The third-order valence-electron chi connectivity index (χ3n) is 3.29. The highest BCUT2D eigenvalue weighted by Gasteiger charge is 2.30. The summed E-state index contributed by atoms with van der Waals surface area (Å²) < 4.78 is 38.5. The van der Waals surface area contributed by atoms with Gasteiger partial charge in [-0.15, -0.1) is 0 Å². The van der Waals surface area contributed by atoms with Crippen molar-refractivity contribution < 1.29 is 12.8 Å². The normalized spacial score (nSPS) is 27.7. The van der Waals surface area contributed by atoms with E-state index in [1.165, 1.54) is 6.07 Å². The Morgan fingerprint density at radius 3 is 2.83 bits per heavy atom. The highest BCUT2D eigenvalue weighted by Crippen LogP contribution is 2.25. The average Bonchev–Trinajstić information content (AvgIpc) is 2.39. The first-order chi connectivity index (χ1) is 8.40. The third-order valence-corrected chi connectivity index (χ3v) is 6.04. The van der Waals surface area contributed by atoms with Crippen LogP contribution < -0.4 is 5.32 Å². The second kappa shape index (κ2) is 5.27. The molecule has 1 saturated heterocycles. The van der Waals surface area contributed by atoms with Gasteiger partial charge in [0.1, 0.15) is 5.82 Å². The van der Waals surface area contributed by atoms with Crippen molar-refractivity contribution in [3.05, 3.63) is 34.1 Å². The van der Waals surface area contributed by atoms with Crippen LogP contribution in [0.2, 0.25) is 0 Å². The molecule has 6 heteroatoms. The van der Waals surface area contributed by atoms with Crippen LogP contribution in [0.25, 0.3) is 0 Å². The minimum atomic E-state index is -3.16. The van der Waals surface area contributed by atoms with Gasteiger partial charge < -0.3 is 5.32 Å². The minimum absolute atomic E-state index is 0.0489. The number of hydrogen-bond acceptors (Lipinski definition) is 3. The maximum Gasteiger partial charge on any atom is 0.154 e. The Balaban J connectivity index is 2.33. The summed E-state index contributed by atoms with van der Waals surface area (Å²) in [6.07, 6.45) is 0.566. The molecule has 1 aliphatic heterocycles. The van der Waals surface area contributed by atoms with E-state index in [0.717, 1.165) is 0 Å². The fourth-order valence-corrected chi connectivity index (χ4v) is 3.98. The van der Waals surface area contributed by atoms with Gasteiger partial charge in [-0.2, -0.15) is 0 Å². The van der Waals surface area contributed by atoms with Gasteiger partial charge in [0, 0.05) is 16.1 Å². The zero-order valence-corrected chi connectivity index (χ0v) is 12.4. The fourth-order valence-electron chi connectivity index (χ4n) is 2.08. The number of benzene rings is 1. The van der Waals surface area contributed by atoms with Crippen LogP contribution in [0.5, 0.6) is 0 Å². The number of rotatable bonds is 1. The van der Waals surface area contributed by atoms with E-state index in [1.54, 1.807) is 19.1 Å². The van der Waals surface area contributed by atoms with Gasteiger partial charge in [-0.25, -0.2) is 12.8 Å². The maximum atomic E-state index is 13.9. The molecule has 0 aromatic heterocycles. The highest BCUT2D eigenvalue weighted by atomic mass is 79.9. The maximum absolute atomic E-state index is 13.9. The summed E-state index contributed by atoms with van der Waals surface area (Å²) in [7, 11) is -3.16. The summed E-state index contributed by atoms with van der Waals surface area (Å²) in [4.78, 5) is 0. The van der Waals surface area contributed by atoms with Crippen molar-refractivity contribution in [1.82, 2.24) is 5.32 Å². The molecule has 1 N–H and O–H groups in total. The summed E-state index contributed by atoms with van der Waals surface area (Å²) in [5.41, 5.74) is 0.413. The lowest BCUT2D eigenvalue weighted by molar-refractivity contribution is 0.531. The molecule has 1 aromatic rings. The first kappa shape index (κ1) is 14.0. The Hall–Kier alpha value is -0.460. The van der Waals surface area contributed by atoms with Crippen molar-refractivity contribution in [3.63, 3.8) is 0 Å². The van der Waals surface area contributed by atoms with Gasteiger partial charge in [-0.3, -0.25) is 0 Å². The molecule has 1 fully saturated rings. The molecular formula is C12H15BrFNO2S. The van der Waals surface area contributed by atoms with E-state index in [1.807, 2.05) is 0 Å². The Bertz CT molecular complexity index is 547. The molecule has 0 spiro atoms. The molecule has 1 aliphatic rings. The fraction of sp³-hybridized carbons (Fsp3) is 0.500. The Morgan fingerprint density at radius 1 is 1.44 bits per heavy atom. The summed E-state index contributed by atoms with van der Waals surface area (Å²) in [6.45, 7) is 2.29. The predicted octanol–water partition coefficient (Wildman–Crippen LogP) is 2.43. The summed E-state index contributed by atoms with van der Waals surface area (Å²) in [6, 6.07) is 4.25. The molecule has 2 rings (SSSR count). The van der Waals surface area contributed by atoms with Crippen LogP contribution in [-0.4, -0.2) is 26.0 Å². The zero-order chi connectivity index (χ0) is 13.3. The van der Waals surface area contributed by atoms with Gasteiger partial charge >= 0.3 is 0 Å². The van der Waals surface area contributed by atoms with Gasteiger partial charge in [0.05, 0.1) is 11.0 Å². The number of halogens is 2. The second-order valence-corrected chi connectivity index (χ2v) is 7.98. The lowest BCUT2D eigenvalue weighted by atomic mass is 10.1. The van der Waals surface area contributed by atoms with Crippen LogP contribution in [0.15, 0.2) is 22.7 Å². The molecule has 1 heterocycles. The van der Waals surface area contributed by atoms with Gasteiger partial charge in [0.25, 0.3) is 0 Å². The van der Waals surface area contributed by atoms with Crippen molar-refractivity contribution in [1.29, 1.82) is 0 Å². The van der Waals surface area contributed by atoms with Crippen molar-refractivity contribution in [2.75, 3.05) is 12.3 Å². The van der Waals surface area contributed by atoms with Gasteiger partial charge in [-0.1, -0.05) is 22.0 Å². The van der Waals surface area contributed by atoms with E-state index in [2.05, 4.69) is 21.2 Å². The summed E-state index contributed by atoms with van der Waals surface area (Å²) in [5, 5.41) is 2.74. The monoisotopic (exact) mass is 335 g/mol. The van der Waals surface area contributed by atoms with Crippen molar-refractivity contribution in [3.8, 4) is 0 Å². The number of nitrogens with one attached hydrogen (secondary N) is 1. The summed E-state index contributed by atoms with van der Waals surface area (Å²) >= 11 is 3.19. The van der Waals surface area contributed by atoms with E-state index in [-0.39, 0.29) is 16.8 Å². The molecule has 0 saturated carbocycles. The van der Waals surface area contributed by atoms with Crippen LogP contribution in [0, 0.1) is 5.82 Å². The molecule has 0 aliphatic carbocycles. The highest BCUT2D eigenvalue weighted by molar-refractivity contribution is 9.10. The van der Waals surface area contributed by atoms with E-state index in [0.29, 0.717) is 23.0 Å². The largest absolute Gasteiger partial charge is 0.309 e. The molecule has 100 valence electrons. The van der Waals surface area contributed by atoms with E-state index >= 15 is 0 Å².